The zero-order chi connectivity index (χ0) is 55.3. The molecule has 0 aliphatic heterocycles. The molecular formula is C51H56Br2F2N6O13S. The molecule has 75 heavy (non-hydrogen) atoms. The smallest absolute Gasteiger partial charge is 0.407 e. The van der Waals surface area contributed by atoms with Gasteiger partial charge in [0.1, 0.15) is 64.1 Å². The number of amides is 1. The molecule has 24 heteroatoms. The molecule has 8 aromatic rings. The first kappa shape index (κ1) is 60.3. The molecule has 0 atom stereocenters. The number of ether oxygens (including phenoxy) is 3. The van der Waals surface area contributed by atoms with Crippen molar-refractivity contribution in [2.24, 2.45) is 5.73 Å². The second-order valence-corrected chi connectivity index (χ2v) is 19.5. The van der Waals surface area contributed by atoms with Crippen molar-refractivity contribution in [1.82, 2.24) is 20.3 Å². The van der Waals surface area contributed by atoms with Crippen molar-refractivity contribution in [3.63, 3.8) is 0 Å². The first-order chi connectivity index (χ1) is 35.5. The second kappa shape index (κ2) is 29.0. The van der Waals surface area contributed by atoms with Crippen LogP contribution in [0.15, 0.2) is 149 Å². The van der Waals surface area contributed by atoms with Crippen LogP contribution in [0.4, 0.5) is 19.3 Å². The number of phenols is 3. The van der Waals surface area contributed by atoms with Gasteiger partial charge in [-0.1, -0.05) is 31.0 Å². The first-order valence-electron chi connectivity index (χ1n) is 22.5. The van der Waals surface area contributed by atoms with E-state index in [0.717, 1.165) is 41.8 Å². The van der Waals surface area contributed by atoms with Gasteiger partial charge in [-0.15, -0.1) is 0 Å². The number of alkyl carbamates (subject to hydrolysis) is 1. The number of aromatic nitrogens is 3. The van der Waals surface area contributed by atoms with E-state index in [4.69, 9.17) is 53.7 Å². The summed E-state index contributed by atoms with van der Waals surface area (Å²) in [5, 5.41) is 29.2. The third-order valence-electron chi connectivity index (χ3n) is 9.44. The van der Waals surface area contributed by atoms with E-state index < -0.39 is 21.8 Å². The predicted molar refractivity (Wildman–Crippen MR) is 286 cm³/mol. The van der Waals surface area contributed by atoms with E-state index in [1.807, 2.05) is 6.92 Å². The Morgan fingerprint density at radius 3 is 1.75 bits per heavy atom. The summed E-state index contributed by atoms with van der Waals surface area (Å²) in [5.74, 6) is 1.98. The number of hydrogen-bond acceptors (Lipinski definition) is 17. The average molecular weight is 1190 g/mol. The van der Waals surface area contributed by atoms with Crippen molar-refractivity contribution < 1.29 is 69.3 Å². The molecule has 0 fully saturated rings. The molecule has 3 aromatic heterocycles. The molecule has 5 aromatic carbocycles. The zero-order valence-corrected chi connectivity index (χ0v) is 45.2. The minimum absolute atomic E-state index is 0.0124. The number of benzene rings is 5. The van der Waals surface area contributed by atoms with Crippen molar-refractivity contribution >= 4 is 87.1 Å². The Hall–Kier alpha value is -7.25. The summed E-state index contributed by atoms with van der Waals surface area (Å²) >= 11 is 6.29. The average Bonchev–Trinajstić information content (AvgIpc) is 4.06. The summed E-state index contributed by atoms with van der Waals surface area (Å²) in [6.45, 7) is 9.44. The van der Waals surface area contributed by atoms with Crippen LogP contribution in [0.3, 0.4) is 0 Å². The first-order valence-corrected chi connectivity index (χ1v) is 25.5. The van der Waals surface area contributed by atoms with Gasteiger partial charge in [0.25, 0.3) is 19.7 Å². The van der Waals surface area contributed by atoms with Crippen LogP contribution in [-0.2, 0) is 21.3 Å². The van der Waals surface area contributed by atoms with Gasteiger partial charge in [0, 0.05) is 86.8 Å². The molecule has 0 bridgehead atoms. The maximum Gasteiger partial charge on any atom is 0.407 e. The van der Waals surface area contributed by atoms with Crippen LogP contribution in [0.1, 0.15) is 52.0 Å². The topological polar surface area (TPSA) is 302 Å². The van der Waals surface area contributed by atoms with Gasteiger partial charge in [-0.25, -0.2) is 28.5 Å². The highest BCUT2D eigenvalue weighted by Gasteiger charge is 2.16. The number of nitrogens with two attached hydrogens (primary N) is 2. The third-order valence-corrected chi connectivity index (χ3v) is 11.0. The Kier molecular flexibility index (Phi) is 23.3. The van der Waals surface area contributed by atoms with E-state index >= 15 is 0 Å². The maximum absolute atomic E-state index is 12.9. The highest BCUT2D eigenvalue weighted by atomic mass is 79.9. The Labute approximate surface area is 447 Å². The Balaban J connectivity index is 0.000000211. The number of rotatable bonds is 13. The molecule has 3 heterocycles. The van der Waals surface area contributed by atoms with Gasteiger partial charge >= 0.3 is 6.09 Å². The van der Waals surface area contributed by atoms with Crippen molar-refractivity contribution in [2.75, 3.05) is 32.0 Å². The number of unbranched alkanes of at least 4 members (excludes halogenated alkanes) is 1. The minimum atomic E-state index is -4.02. The molecule has 0 radical (unpaired) electrons. The molecule has 8 rings (SSSR count). The highest BCUT2D eigenvalue weighted by molar-refractivity contribution is 9.10. The second-order valence-electron chi connectivity index (χ2n) is 16.8. The van der Waals surface area contributed by atoms with Crippen LogP contribution in [-0.4, -0.2) is 81.2 Å². The number of fused-ring (bicyclic) bond motifs is 3. The summed E-state index contributed by atoms with van der Waals surface area (Å²) in [4.78, 5) is 24.8. The lowest BCUT2D eigenvalue weighted by molar-refractivity contribution is 0.0531. The number of carbonyl (C=O) groups is 1. The van der Waals surface area contributed by atoms with Gasteiger partial charge < -0.3 is 59.6 Å². The number of nitrogens with one attached hydrogen (secondary N) is 1. The van der Waals surface area contributed by atoms with Gasteiger partial charge in [-0.3, -0.25) is 4.55 Å². The van der Waals surface area contributed by atoms with E-state index in [1.165, 1.54) is 30.3 Å². The summed E-state index contributed by atoms with van der Waals surface area (Å²) in [6, 6.07) is 25.3. The van der Waals surface area contributed by atoms with Crippen molar-refractivity contribution in [2.45, 2.75) is 64.4 Å². The lowest BCUT2D eigenvalue weighted by Gasteiger charge is -2.20. The van der Waals surface area contributed by atoms with Gasteiger partial charge in [0.05, 0.1) is 23.2 Å². The summed E-state index contributed by atoms with van der Waals surface area (Å²) in [5.41, 5.74) is 15.9. The lowest BCUT2D eigenvalue weighted by atomic mass is 10.2. The van der Waals surface area contributed by atoms with E-state index in [0.29, 0.717) is 61.6 Å². The minimum Gasteiger partial charge on any atom is -0.508 e. The van der Waals surface area contributed by atoms with Crippen molar-refractivity contribution in [3.8, 4) is 28.7 Å². The van der Waals surface area contributed by atoms with Crippen LogP contribution < -0.4 is 26.3 Å². The van der Waals surface area contributed by atoms with Gasteiger partial charge in [-0.2, -0.15) is 8.42 Å². The van der Waals surface area contributed by atoms with Crippen molar-refractivity contribution in [1.29, 1.82) is 0 Å². The Morgan fingerprint density at radius 1 is 0.747 bits per heavy atom. The van der Waals surface area contributed by atoms with E-state index in [1.54, 1.807) is 87.5 Å². The molecule has 1 amide bonds. The number of aromatic hydroxyl groups is 3. The number of halogens is 4. The molecule has 9 N–H and O–H groups in total. The van der Waals surface area contributed by atoms with Gasteiger partial charge in [0.2, 0.25) is 0 Å². The Morgan fingerprint density at radius 2 is 1.25 bits per heavy atom. The summed E-state index contributed by atoms with van der Waals surface area (Å²) < 4.78 is 86.8. The maximum atomic E-state index is 12.9. The molecule has 0 aliphatic carbocycles. The molecule has 0 saturated carbocycles. The number of oxazole rings is 3. The number of hydrogen-bond donors (Lipinski definition) is 7. The number of nitrogens with zero attached hydrogens (tertiary/aromatic N) is 3. The van der Waals surface area contributed by atoms with Crippen LogP contribution in [0, 0.1) is 6.92 Å². The number of phenolic OH excluding ortho intramolecular Hbond substituents is 3. The lowest BCUT2D eigenvalue weighted by Crippen LogP contribution is -2.34. The number of nitrogen functional groups attached to an aromatic ring is 1. The van der Waals surface area contributed by atoms with Gasteiger partial charge in [-0.05, 0) is 94.8 Å². The predicted octanol–water partition coefficient (Wildman–Crippen LogP) is 11.9. The number of aryl methyl sites for hydroxylation is 2. The molecule has 0 aliphatic rings. The molecular weight excluding hydrogens is 1130 g/mol. The van der Waals surface area contributed by atoms with Crippen LogP contribution in [0.25, 0.3) is 33.3 Å². The van der Waals surface area contributed by atoms with E-state index in [2.05, 4.69) is 59.1 Å². The fourth-order valence-electron chi connectivity index (χ4n) is 5.68. The highest BCUT2D eigenvalue weighted by Crippen LogP contribution is 2.27. The van der Waals surface area contributed by atoms with Crippen LogP contribution >= 0.6 is 31.9 Å². The van der Waals surface area contributed by atoms with Gasteiger partial charge in [0.15, 0.2) is 22.6 Å². The van der Waals surface area contributed by atoms with E-state index in [-0.39, 0.29) is 59.7 Å². The molecule has 0 unspecified atom stereocenters. The van der Waals surface area contributed by atoms with Crippen LogP contribution in [0.5, 0.6) is 28.7 Å². The fourth-order valence-corrected chi connectivity index (χ4v) is 6.89. The van der Waals surface area contributed by atoms with Crippen LogP contribution in [0.2, 0.25) is 0 Å². The largest absolute Gasteiger partial charge is 0.508 e. The standard InChI is InChI=1S/C16H18BrFN2O4.C11H10BrFN2O2.C11H13NO2.C7H8O3S.C6H7NO2/c1-16(2,3)24-15(21)19-8-10(7-18)9-22-11-4-5-12-13(6-11)23-14(17)20-12;12-11-15-9-2-1-8(3-10(9)17-11)16-6-7(4-13)5-14;1-2-3-4-11-12-9-6-5-8(13)7-10(9)14-11;1-6-2-4-7(5-3-6)11(8,9)10;7-5-2-1-4(8)3-6(5)9/h4-7H,8-9H2,1-3H3,(H,19,21);1-4H,5-6,14H2;5-7,13H,2-4H2,1H3;2-5H,1H3,(H,8,9,10);1-3,8-9H,7H2/b10-7+;7-4+;;;. The molecule has 19 nitrogen and oxygen atoms in total. The monoisotopic (exact) mass is 1190 g/mol. The fraction of sp³-hybridized carbons (Fsp3) is 0.255. The summed E-state index contributed by atoms with van der Waals surface area (Å²) in [7, 11) is -4.02. The molecule has 0 saturated heterocycles. The SMILES string of the molecule is CC(C)(C)OC(=O)NC/C(=C\F)COc1ccc2nc(Br)oc2c1.CCCCc1nc2ccc(O)cc2o1.Cc1ccc(S(=O)(=O)O)cc1.NC/C(=C\F)COc1ccc2nc(Br)oc2c1.Nc1ccc(O)cc1O. The Bertz CT molecular complexity index is 3290. The molecule has 402 valence electrons. The summed E-state index contributed by atoms with van der Waals surface area (Å²) in [6.07, 6.45) is 3.33. The van der Waals surface area contributed by atoms with Crippen molar-refractivity contribution in [3.05, 3.63) is 142 Å². The quantitative estimate of drug-likeness (QED) is 0.0244. The van der Waals surface area contributed by atoms with E-state index in [9.17, 15) is 27.1 Å². The zero-order valence-electron chi connectivity index (χ0n) is 41.2. The molecule has 0 spiro atoms. The number of anilines is 1. The normalized spacial score (nSPS) is 11.5. The third kappa shape index (κ3) is 21.3. The number of carbonyl (C=O) groups excluding carboxylic acids is 1.